The summed E-state index contributed by atoms with van der Waals surface area (Å²) in [6.45, 7) is 2.52. The molecule has 1 atom stereocenters. The first kappa shape index (κ1) is 15.5. The van der Waals surface area contributed by atoms with Gasteiger partial charge < -0.3 is 15.3 Å². The van der Waals surface area contributed by atoms with Gasteiger partial charge in [-0.3, -0.25) is 14.4 Å². The Balaban J connectivity index is 2.30. The fourth-order valence-corrected chi connectivity index (χ4v) is 2.94. The Hall–Kier alpha value is -1.89. The van der Waals surface area contributed by atoms with Crippen LogP contribution in [0.15, 0.2) is 22.7 Å². The van der Waals surface area contributed by atoms with E-state index < -0.39 is 24.3 Å². The van der Waals surface area contributed by atoms with Gasteiger partial charge in [0.05, 0.1) is 12.0 Å². The maximum atomic E-state index is 12.6. The lowest BCUT2D eigenvalue weighted by molar-refractivity contribution is -0.142. The summed E-state index contributed by atoms with van der Waals surface area (Å²) >= 11 is 3.34. The number of nitrogens with one attached hydrogen (secondary N) is 1. The molecule has 2 rings (SSSR count). The normalized spacial score (nSPS) is 18.3. The molecule has 6 nitrogen and oxygen atoms in total. The van der Waals surface area contributed by atoms with Gasteiger partial charge in [0, 0.05) is 17.6 Å². The third-order valence-corrected chi connectivity index (χ3v) is 3.97. The van der Waals surface area contributed by atoms with Crippen LogP contribution in [0.3, 0.4) is 0 Å². The molecule has 1 aliphatic heterocycles. The van der Waals surface area contributed by atoms with Crippen molar-refractivity contribution < 1.29 is 19.5 Å². The Kier molecular flexibility index (Phi) is 4.62. The number of benzene rings is 1. The Morgan fingerprint density at radius 2 is 2.19 bits per heavy atom. The summed E-state index contributed by atoms with van der Waals surface area (Å²) in [5, 5.41) is 11.5. The number of piperazine rings is 1. The van der Waals surface area contributed by atoms with Crippen molar-refractivity contribution in [3.05, 3.63) is 33.8 Å². The number of aliphatic carboxylic acids is 1. The fraction of sp³-hybridized carbons (Fsp3) is 0.357. The van der Waals surface area contributed by atoms with Gasteiger partial charge in [-0.1, -0.05) is 6.07 Å². The number of carboxylic acid groups (broad SMARTS) is 1. The molecule has 1 heterocycles. The van der Waals surface area contributed by atoms with Gasteiger partial charge in [-0.05, 0) is 40.5 Å². The highest BCUT2D eigenvalue weighted by atomic mass is 79.9. The van der Waals surface area contributed by atoms with Crippen LogP contribution in [-0.4, -0.2) is 46.9 Å². The van der Waals surface area contributed by atoms with Crippen molar-refractivity contribution in [2.75, 3.05) is 13.1 Å². The number of aryl methyl sites for hydroxylation is 1. The minimum Gasteiger partial charge on any atom is -0.481 e. The average Bonchev–Trinajstić information content (AvgIpc) is 2.40. The minimum atomic E-state index is -1.11. The number of amides is 2. The van der Waals surface area contributed by atoms with Crippen LogP contribution in [0.2, 0.25) is 0 Å². The highest BCUT2D eigenvalue weighted by Crippen LogP contribution is 2.22. The summed E-state index contributed by atoms with van der Waals surface area (Å²) in [6, 6.07) is 4.31. The van der Waals surface area contributed by atoms with Gasteiger partial charge in [0.25, 0.3) is 5.91 Å². The van der Waals surface area contributed by atoms with Gasteiger partial charge in [-0.2, -0.15) is 0 Å². The Morgan fingerprint density at radius 3 is 2.81 bits per heavy atom. The molecule has 1 aromatic carbocycles. The smallest absolute Gasteiger partial charge is 0.305 e. The maximum absolute atomic E-state index is 12.6. The Morgan fingerprint density at radius 1 is 1.48 bits per heavy atom. The quantitative estimate of drug-likeness (QED) is 0.852. The summed E-state index contributed by atoms with van der Waals surface area (Å²) < 4.78 is 0.632. The van der Waals surface area contributed by atoms with Crippen LogP contribution in [0.25, 0.3) is 0 Å². The van der Waals surface area contributed by atoms with E-state index in [1.54, 1.807) is 12.1 Å². The van der Waals surface area contributed by atoms with E-state index in [2.05, 4.69) is 21.2 Å². The van der Waals surface area contributed by atoms with Crippen molar-refractivity contribution in [3.8, 4) is 0 Å². The van der Waals surface area contributed by atoms with Crippen LogP contribution in [0.4, 0.5) is 0 Å². The van der Waals surface area contributed by atoms with Crippen molar-refractivity contribution in [2.45, 2.75) is 19.4 Å². The largest absolute Gasteiger partial charge is 0.481 e. The topological polar surface area (TPSA) is 86.7 Å². The van der Waals surface area contributed by atoms with Crippen molar-refractivity contribution in [2.24, 2.45) is 0 Å². The highest BCUT2D eigenvalue weighted by molar-refractivity contribution is 9.10. The predicted molar refractivity (Wildman–Crippen MR) is 79.0 cm³/mol. The first-order chi connectivity index (χ1) is 9.90. The first-order valence-electron chi connectivity index (χ1n) is 6.47. The number of carboxylic acids is 1. The van der Waals surface area contributed by atoms with E-state index in [1.165, 1.54) is 4.90 Å². The summed E-state index contributed by atoms with van der Waals surface area (Å²) in [5.41, 5.74) is 1.42. The third-order valence-electron chi connectivity index (χ3n) is 3.31. The first-order valence-corrected chi connectivity index (χ1v) is 7.26. The average molecular weight is 355 g/mol. The van der Waals surface area contributed by atoms with Gasteiger partial charge in [0.1, 0.15) is 6.04 Å². The zero-order chi connectivity index (χ0) is 15.6. The fourth-order valence-electron chi connectivity index (χ4n) is 2.27. The lowest BCUT2D eigenvalue weighted by Gasteiger charge is -2.34. The molecule has 0 radical (unpaired) electrons. The molecule has 1 saturated heterocycles. The Bertz CT molecular complexity index is 603. The number of carbonyl (C=O) groups excluding carboxylic acids is 2. The van der Waals surface area contributed by atoms with E-state index in [9.17, 15) is 14.4 Å². The summed E-state index contributed by atoms with van der Waals surface area (Å²) in [4.78, 5) is 36.7. The van der Waals surface area contributed by atoms with Crippen LogP contribution in [0.1, 0.15) is 22.3 Å². The zero-order valence-electron chi connectivity index (χ0n) is 11.4. The van der Waals surface area contributed by atoms with E-state index in [0.717, 1.165) is 5.56 Å². The molecule has 2 amide bonds. The molecule has 0 aliphatic carbocycles. The van der Waals surface area contributed by atoms with Crippen molar-refractivity contribution in [3.63, 3.8) is 0 Å². The van der Waals surface area contributed by atoms with Gasteiger partial charge in [0.2, 0.25) is 5.91 Å². The molecule has 21 heavy (non-hydrogen) atoms. The molecular formula is C14H15BrN2O4. The highest BCUT2D eigenvalue weighted by Gasteiger charge is 2.35. The van der Waals surface area contributed by atoms with E-state index >= 15 is 0 Å². The molecule has 1 aromatic rings. The van der Waals surface area contributed by atoms with E-state index in [1.807, 2.05) is 13.0 Å². The summed E-state index contributed by atoms with van der Waals surface area (Å²) in [7, 11) is 0. The van der Waals surface area contributed by atoms with Crippen molar-refractivity contribution >= 4 is 33.7 Å². The van der Waals surface area contributed by atoms with Gasteiger partial charge >= 0.3 is 5.97 Å². The third kappa shape index (κ3) is 3.41. The summed E-state index contributed by atoms with van der Waals surface area (Å²) in [6.07, 6.45) is -0.402. The van der Waals surface area contributed by atoms with E-state index in [0.29, 0.717) is 23.1 Å². The van der Waals surface area contributed by atoms with Crippen LogP contribution in [-0.2, 0) is 9.59 Å². The number of hydrogen-bond donors (Lipinski definition) is 2. The molecule has 0 saturated carbocycles. The van der Waals surface area contributed by atoms with Crippen LogP contribution >= 0.6 is 15.9 Å². The maximum Gasteiger partial charge on any atom is 0.305 e. The lowest BCUT2D eigenvalue weighted by atomic mass is 10.1. The zero-order valence-corrected chi connectivity index (χ0v) is 13.0. The van der Waals surface area contributed by atoms with Gasteiger partial charge in [-0.15, -0.1) is 0 Å². The monoisotopic (exact) mass is 354 g/mol. The molecule has 2 N–H and O–H groups in total. The molecular weight excluding hydrogens is 340 g/mol. The van der Waals surface area contributed by atoms with E-state index in [4.69, 9.17) is 5.11 Å². The molecule has 7 heteroatoms. The lowest BCUT2D eigenvalue weighted by Crippen LogP contribution is -2.57. The molecule has 112 valence electrons. The predicted octanol–water partition coefficient (Wildman–Crippen LogP) is 1.17. The SMILES string of the molecule is Cc1ccc(C(=O)N2CCNC(=O)C2CC(=O)O)c(Br)c1. The molecule has 1 unspecified atom stereocenters. The number of halogens is 1. The second-order valence-electron chi connectivity index (χ2n) is 4.89. The second-order valence-corrected chi connectivity index (χ2v) is 5.74. The molecule has 1 aliphatic rings. The molecule has 0 bridgehead atoms. The number of carbonyl (C=O) groups is 3. The number of hydrogen-bond acceptors (Lipinski definition) is 3. The minimum absolute atomic E-state index is 0.294. The number of nitrogens with zero attached hydrogens (tertiary/aromatic N) is 1. The molecule has 0 aromatic heterocycles. The van der Waals surface area contributed by atoms with Crippen molar-refractivity contribution in [1.82, 2.24) is 10.2 Å². The van der Waals surface area contributed by atoms with E-state index in [-0.39, 0.29) is 5.91 Å². The van der Waals surface area contributed by atoms with Crippen LogP contribution in [0, 0.1) is 6.92 Å². The van der Waals surface area contributed by atoms with Crippen LogP contribution < -0.4 is 5.32 Å². The Labute approximate surface area is 130 Å². The van der Waals surface area contributed by atoms with Gasteiger partial charge in [0.15, 0.2) is 0 Å². The number of rotatable bonds is 3. The van der Waals surface area contributed by atoms with Crippen LogP contribution in [0.5, 0.6) is 0 Å². The van der Waals surface area contributed by atoms with Crippen molar-refractivity contribution in [1.29, 1.82) is 0 Å². The standard InChI is InChI=1S/C14H15BrN2O4/c1-8-2-3-9(10(15)6-8)14(21)17-5-4-16-13(20)11(17)7-12(18)19/h2-3,6,11H,4-5,7H2,1H3,(H,16,20)(H,18,19). The summed E-state index contributed by atoms with van der Waals surface area (Å²) in [5.74, 6) is -1.89. The molecule has 0 spiro atoms. The van der Waals surface area contributed by atoms with Gasteiger partial charge in [-0.25, -0.2) is 0 Å². The molecule has 1 fully saturated rings. The second kappa shape index (κ2) is 6.26.